The molecule has 0 spiro atoms. The number of rotatable bonds is 6. The lowest BCUT2D eigenvalue weighted by Crippen LogP contribution is -2.27. The first-order valence-electron chi connectivity index (χ1n) is 8.69. The van der Waals surface area contributed by atoms with Gasteiger partial charge < -0.3 is 0 Å². The summed E-state index contributed by atoms with van der Waals surface area (Å²) in [5.41, 5.74) is 2.77. The second kappa shape index (κ2) is 7.62. The maximum absolute atomic E-state index is 13.8. The maximum atomic E-state index is 13.8. The van der Waals surface area contributed by atoms with Gasteiger partial charge in [0.1, 0.15) is 16.5 Å². The normalized spacial score (nSPS) is 12.0. The fourth-order valence-electron chi connectivity index (χ4n) is 2.92. The van der Waals surface area contributed by atoms with Crippen molar-refractivity contribution in [2.24, 2.45) is 0 Å². The van der Waals surface area contributed by atoms with Crippen molar-refractivity contribution in [3.8, 4) is 11.4 Å². The Morgan fingerprint density at radius 1 is 1.17 bits per heavy atom. The lowest BCUT2D eigenvalue weighted by Gasteiger charge is -2.07. The number of hydrogen-bond acceptors (Lipinski definition) is 5. The number of hydrogen-bond donors (Lipinski definition) is 1. The summed E-state index contributed by atoms with van der Waals surface area (Å²) in [4.78, 5) is 4.65. The molecule has 2 aromatic carbocycles. The van der Waals surface area contributed by atoms with Gasteiger partial charge in [0.2, 0.25) is 15.0 Å². The van der Waals surface area contributed by atoms with Crippen molar-refractivity contribution in [1.82, 2.24) is 19.3 Å². The van der Waals surface area contributed by atoms with Crippen LogP contribution in [0.3, 0.4) is 0 Å². The van der Waals surface area contributed by atoms with Crippen LogP contribution in [0, 0.1) is 18.6 Å². The summed E-state index contributed by atoms with van der Waals surface area (Å²) >= 11 is 1.40. The number of thiazole rings is 1. The van der Waals surface area contributed by atoms with Gasteiger partial charge in [-0.3, -0.25) is 0 Å². The summed E-state index contributed by atoms with van der Waals surface area (Å²) in [6.45, 7) is 2.01. The number of aryl methyl sites for hydroxylation is 1. The van der Waals surface area contributed by atoms with Gasteiger partial charge in [0.05, 0.1) is 5.69 Å². The van der Waals surface area contributed by atoms with E-state index in [-0.39, 0.29) is 6.54 Å². The van der Waals surface area contributed by atoms with Gasteiger partial charge in [-0.2, -0.15) is 4.98 Å². The van der Waals surface area contributed by atoms with Gasteiger partial charge in [-0.05, 0) is 24.6 Å². The molecular weight excluding hydrogens is 418 g/mol. The quantitative estimate of drug-likeness (QED) is 0.503. The number of benzene rings is 2. The first-order valence-corrected chi connectivity index (χ1v) is 11.1. The van der Waals surface area contributed by atoms with Crippen LogP contribution in [-0.4, -0.2) is 29.6 Å². The Labute approximate surface area is 169 Å². The minimum Gasteiger partial charge on any atom is -0.211 e. The van der Waals surface area contributed by atoms with Crippen LogP contribution >= 0.6 is 11.3 Å². The minimum absolute atomic E-state index is 0.0323. The van der Waals surface area contributed by atoms with E-state index in [1.54, 1.807) is 4.52 Å². The zero-order valence-electron chi connectivity index (χ0n) is 15.3. The van der Waals surface area contributed by atoms with Crippen LogP contribution in [0.2, 0.25) is 0 Å². The summed E-state index contributed by atoms with van der Waals surface area (Å²) in [7, 11) is -4.09. The molecule has 6 nitrogen and oxygen atoms in total. The molecule has 1 N–H and O–H groups in total. The minimum atomic E-state index is -4.09. The van der Waals surface area contributed by atoms with E-state index in [0.29, 0.717) is 23.3 Å². The number of halogens is 2. The van der Waals surface area contributed by atoms with Gasteiger partial charge in [-0.25, -0.2) is 26.4 Å². The van der Waals surface area contributed by atoms with E-state index in [9.17, 15) is 17.2 Å². The third-order valence-electron chi connectivity index (χ3n) is 4.39. The van der Waals surface area contributed by atoms with Crippen LogP contribution < -0.4 is 4.72 Å². The molecule has 4 rings (SSSR count). The third-order valence-corrected chi connectivity index (χ3v) is 6.75. The number of fused-ring (bicyclic) bond motifs is 1. The number of aromatic nitrogens is 3. The molecule has 29 heavy (non-hydrogen) atoms. The molecule has 0 bridgehead atoms. The van der Waals surface area contributed by atoms with E-state index in [0.717, 1.165) is 29.0 Å². The highest BCUT2D eigenvalue weighted by atomic mass is 32.2. The molecule has 0 atom stereocenters. The molecule has 0 aliphatic heterocycles. The Balaban J connectivity index is 1.51. The Bertz CT molecular complexity index is 1300. The van der Waals surface area contributed by atoms with E-state index in [1.165, 1.54) is 11.3 Å². The highest BCUT2D eigenvalue weighted by molar-refractivity contribution is 7.89. The molecule has 4 aromatic rings. The molecule has 0 fully saturated rings. The number of nitrogens with zero attached hydrogens (tertiary/aromatic N) is 3. The number of nitrogens with one attached hydrogen (secondary N) is 1. The first kappa shape index (κ1) is 19.6. The van der Waals surface area contributed by atoms with Crippen LogP contribution in [0.4, 0.5) is 8.78 Å². The maximum Gasteiger partial charge on any atom is 0.243 e. The molecule has 0 amide bonds. The van der Waals surface area contributed by atoms with Crippen molar-refractivity contribution < 1.29 is 17.2 Å². The fourth-order valence-corrected chi connectivity index (χ4v) is 4.86. The van der Waals surface area contributed by atoms with Crippen LogP contribution in [0.5, 0.6) is 0 Å². The van der Waals surface area contributed by atoms with Crippen molar-refractivity contribution >= 4 is 26.3 Å². The summed E-state index contributed by atoms with van der Waals surface area (Å²) in [5.74, 6) is -1.36. The molecule has 0 saturated carbocycles. The van der Waals surface area contributed by atoms with Crippen molar-refractivity contribution in [2.75, 3.05) is 6.54 Å². The molecule has 10 heteroatoms. The lowest BCUT2D eigenvalue weighted by molar-refractivity contribution is 0.543. The van der Waals surface area contributed by atoms with Crippen molar-refractivity contribution in [3.63, 3.8) is 0 Å². The highest BCUT2D eigenvalue weighted by Crippen LogP contribution is 2.23. The Hall–Kier alpha value is -2.69. The SMILES string of the molecule is Cc1ccccc1-c1nc2scc(CCNS(=O)(=O)c3ccc(F)cc3F)n2n1. The van der Waals surface area contributed by atoms with Crippen LogP contribution in [0.1, 0.15) is 11.3 Å². The fraction of sp³-hybridized carbons (Fsp3) is 0.158. The molecule has 0 unspecified atom stereocenters. The zero-order chi connectivity index (χ0) is 20.6. The summed E-state index contributed by atoms with van der Waals surface area (Å²) in [6, 6.07) is 10.1. The Morgan fingerprint density at radius 2 is 1.97 bits per heavy atom. The van der Waals surface area contributed by atoms with Crippen molar-refractivity contribution in [3.05, 3.63) is 70.7 Å². The predicted molar refractivity (Wildman–Crippen MR) is 106 cm³/mol. The molecule has 2 heterocycles. The van der Waals surface area contributed by atoms with E-state index in [1.807, 2.05) is 36.6 Å². The average molecular weight is 434 g/mol. The van der Waals surface area contributed by atoms with E-state index in [2.05, 4.69) is 14.8 Å². The van der Waals surface area contributed by atoms with Crippen LogP contribution in [0.25, 0.3) is 16.3 Å². The number of sulfonamides is 1. The highest BCUT2D eigenvalue weighted by Gasteiger charge is 2.20. The largest absolute Gasteiger partial charge is 0.243 e. The molecule has 0 saturated heterocycles. The summed E-state index contributed by atoms with van der Waals surface area (Å²) in [6.07, 6.45) is 0.332. The average Bonchev–Trinajstić information content (AvgIpc) is 3.23. The van der Waals surface area contributed by atoms with Crippen LogP contribution in [0.15, 0.2) is 52.7 Å². The van der Waals surface area contributed by atoms with Gasteiger partial charge in [-0.15, -0.1) is 16.4 Å². The van der Waals surface area contributed by atoms with Gasteiger partial charge >= 0.3 is 0 Å². The second-order valence-corrected chi connectivity index (χ2v) is 8.97. The molecule has 0 radical (unpaired) electrons. The van der Waals surface area contributed by atoms with Gasteiger partial charge in [0.25, 0.3) is 0 Å². The second-order valence-electron chi connectivity index (χ2n) is 6.39. The van der Waals surface area contributed by atoms with E-state index >= 15 is 0 Å². The standard InChI is InChI=1S/C19H16F2N4O2S2/c1-12-4-2-3-5-15(12)18-23-19-25(24-18)14(11-28-19)8-9-22-29(26,27)17-7-6-13(20)10-16(17)21/h2-7,10-11,22H,8-9H2,1H3. The monoisotopic (exact) mass is 434 g/mol. The Morgan fingerprint density at radius 3 is 2.72 bits per heavy atom. The summed E-state index contributed by atoms with van der Waals surface area (Å²) in [5, 5.41) is 6.39. The molecule has 2 aromatic heterocycles. The molecule has 0 aliphatic carbocycles. The predicted octanol–water partition coefficient (Wildman–Crippen LogP) is 3.57. The van der Waals surface area contributed by atoms with Gasteiger partial charge in [-0.1, -0.05) is 24.3 Å². The molecule has 150 valence electrons. The zero-order valence-corrected chi connectivity index (χ0v) is 16.9. The van der Waals surface area contributed by atoms with Crippen molar-refractivity contribution in [1.29, 1.82) is 0 Å². The van der Waals surface area contributed by atoms with E-state index in [4.69, 9.17) is 0 Å². The lowest BCUT2D eigenvalue weighted by atomic mass is 10.1. The van der Waals surface area contributed by atoms with Gasteiger partial charge in [0, 0.05) is 30.0 Å². The first-order chi connectivity index (χ1) is 13.8. The summed E-state index contributed by atoms with van der Waals surface area (Å²) < 4.78 is 55.3. The smallest absolute Gasteiger partial charge is 0.211 e. The topological polar surface area (TPSA) is 76.4 Å². The Kier molecular flexibility index (Phi) is 5.15. The van der Waals surface area contributed by atoms with Crippen molar-refractivity contribution in [2.45, 2.75) is 18.2 Å². The van der Waals surface area contributed by atoms with E-state index < -0.39 is 26.6 Å². The third kappa shape index (κ3) is 3.91. The van der Waals surface area contributed by atoms with Gasteiger partial charge in [0.15, 0.2) is 5.82 Å². The van der Waals surface area contributed by atoms with Crippen LogP contribution in [-0.2, 0) is 16.4 Å². The molecule has 0 aliphatic rings. The molecular formula is C19H16F2N4O2S2.